The lowest BCUT2D eigenvalue weighted by molar-refractivity contribution is -0.0515. The van der Waals surface area contributed by atoms with Crippen molar-refractivity contribution in [3.63, 3.8) is 0 Å². The highest BCUT2D eigenvalue weighted by Gasteiger charge is 2.28. The molecule has 0 aliphatic heterocycles. The van der Waals surface area contributed by atoms with Gasteiger partial charge >= 0.3 is 6.61 Å². The molecule has 1 aromatic rings. The maximum absolute atomic E-state index is 12.5. The molecule has 4 nitrogen and oxygen atoms in total. The summed E-state index contributed by atoms with van der Waals surface area (Å²) in [6.07, 6.45) is 2.14. The second kappa shape index (κ2) is 6.95. The Morgan fingerprint density at radius 3 is 2.68 bits per heavy atom. The largest absolute Gasteiger partial charge is 0.489 e. The number of halogens is 2. The summed E-state index contributed by atoms with van der Waals surface area (Å²) in [6, 6.07) is 4.25. The van der Waals surface area contributed by atoms with Gasteiger partial charge < -0.3 is 20.3 Å². The summed E-state index contributed by atoms with van der Waals surface area (Å²) in [6.45, 7) is -1.05. The zero-order valence-corrected chi connectivity index (χ0v) is 12.3. The van der Waals surface area contributed by atoms with Crippen LogP contribution < -0.4 is 15.2 Å². The van der Waals surface area contributed by atoms with Crippen molar-refractivity contribution in [3.8, 4) is 23.3 Å². The molecule has 3 N–H and O–H groups in total. The Hall–Kier alpha value is -1.84. The first kappa shape index (κ1) is 16.5. The predicted octanol–water partition coefficient (Wildman–Crippen LogP) is 2.25. The van der Waals surface area contributed by atoms with E-state index in [0.717, 1.165) is 12.8 Å². The van der Waals surface area contributed by atoms with E-state index in [1.54, 1.807) is 6.92 Å². The molecule has 1 aromatic carbocycles. The fourth-order valence-electron chi connectivity index (χ4n) is 2.01. The van der Waals surface area contributed by atoms with Crippen molar-refractivity contribution in [2.24, 2.45) is 11.7 Å². The fourth-order valence-corrected chi connectivity index (χ4v) is 2.01. The van der Waals surface area contributed by atoms with Crippen LogP contribution in [0.15, 0.2) is 18.2 Å². The van der Waals surface area contributed by atoms with Crippen LogP contribution in [0.3, 0.4) is 0 Å². The van der Waals surface area contributed by atoms with E-state index in [2.05, 4.69) is 16.6 Å². The van der Waals surface area contributed by atoms with E-state index in [-0.39, 0.29) is 18.0 Å². The van der Waals surface area contributed by atoms with E-state index in [1.165, 1.54) is 18.2 Å². The molecule has 1 atom stereocenters. The number of nitrogens with two attached hydrogens (primary N) is 1. The molecule has 0 amide bonds. The minimum atomic E-state index is -2.95. The van der Waals surface area contributed by atoms with E-state index in [9.17, 15) is 13.9 Å². The van der Waals surface area contributed by atoms with Gasteiger partial charge in [0.15, 0.2) is 17.1 Å². The normalized spacial score (nSPS) is 16.6. The fraction of sp³-hybridized carbons (Fsp3) is 0.500. The van der Waals surface area contributed by atoms with E-state index in [4.69, 9.17) is 10.5 Å². The van der Waals surface area contributed by atoms with Crippen LogP contribution in [0.5, 0.6) is 11.5 Å². The van der Waals surface area contributed by atoms with Gasteiger partial charge in [-0.1, -0.05) is 12.0 Å². The smallest absolute Gasteiger partial charge is 0.387 e. The molecule has 0 saturated heterocycles. The summed E-state index contributed by atoms with van der Waals surface area (Å²) in [4.78, 5) is 0. The first-order valence-electron chi connectivity index (χ1n) is 7.07. The van der Waals surface area contributed by atoms with E-state index >= 15 is 0 Å². The molecule has 2 rings (SSSR count). The zero-order valence-electron chi connectivity index (χ0n) is 12.3. The molecule has 1 saturated carbocycles. The summed E-state index contributed by atoms with van der Waals surface area (Å²) < 4.78 is 34.9. The third-order valence-electron chi connectivity index (χ3n) is 3.44. The van der Waals surface area contributed by atoms with E-state index in [1.807, 2.05) is 0 Å². The van der Waals surface area contributed by atoms with Crippen LogP contribution in [-0.4, -0.2) is 24.9 Å². The third kappa shape index (κ3) is 4.09. The maximum Gasteiger partial charge on any atom is 0.387 e. The predicted molar refractivity (Wildman–Crippen MR) is 77.7 cm³/mol. The van der Waals surface area contributed by atoms with Crippen molar-refractivity contribution < 1.29 is 23.4 Å². The van der Waals surface area contributed by atoms with Crippen LogP contribution in [0.25, 0.3) is 0 Å². The van der Waals surface area contributed by atoms with Gasteiger partial charge in [-0.2, -0.15) is 8.78 Å². The zero-order chi connectivity index (χ0) is 16.2. The topological polar surface area (TPSA) is 64.7 Å². The van der Waals surface area contributed by atoms with Gasteiger partial charge in [-0.15, -0.1) is 5.92 Å². The summed E-state index contributed by atoms with van der Waals surface area (Å²) in [7, 11) is 0. The highest BCUT2D eigenvalue weighted by atomic mass is 19.3. The van der Waals surface area contributed by atoms with Crippen molar-refractivity contribution in [1.29, 1.82) is 0 Å². The van der Waals surface area contributed by atoms with Gasteiger partial charge in [0.1, 0.15) is 0 Å². The molecule has 0 bridgehead atoms. The first-order valence-corrected chi connectivity index (χ1v) is 7.07. The summed E-state index contributed by atoms with van der Waals surface area (Å²) in [5.41, 5.74) is 4.42. The van der Waals surface area contributed by atoms with E-state index in [0.29, 0.717) is 18.1 Å². The molecule has 6 heteroatoms. The molecule has 22 heavy (non-hydrogen) atoms. The highest BCUT2D eigenvalue weighted by molar-refractivity contribution is 5.47. The first-order chi connectivity index (χ1) is 10.5. The van der Waals surface area contributed by atoms with Crippen LogP contribution in [0.4, 0.5) is 8.78 Å². The van der Waals surface area contributed by atoms with Gasteiger partial charge in [-0.05, 0) is 37.8 Å². The summed E-state index contributed by atoms with van der Waals surface area (Å²) in [5.74, 6) is 5.78. The number of aliphatic hydroxyl groups is 1. The van der Waals surface area contributed by atoms with Gasteiger partial charge in [-0.25, -0.2) is 0 Å². The molecular weight excluding hydrogens is 292 g/mol. The van der Waals surface area contributed by atoms with Crippen molar-refractivity contribution in [2.75, 3.05) is 13.2 Å². The van der Waals surface area contributed by atoms with Crippen LogP contribution >= 0.6 is 0 Å². The van der Waals surface area contributed by atoms with Crippen LogP contribution in [0, 0.1) is 17.8 Å². The minimum Gasteiger partial charge on any atom is -0.489 e. The Morgan fingerprint density at radius 2 is 2.14 bits per heavy atom. The molecule has 1 aliphatic rings. The Balaban J connectivity index is 2.30. The quantitative estimate of drug-likeness (QED) is 0.758. The molecular formula is C16H19F2NO3. The Labute approximate surface area is 128 Å². The van der Waals surface area contributed by atoms with Crippen LogP contribution in [-0.2, 0) is 5.60 Å². The Bertz CT molecular complexity index is 578. The number of benzene rings is 1. The molecule has 0 radical (unpaired) electrons. The molecule has 0 spiro atoms. The van der Waals surface area contributed by atoms with Crippen molar-refractivity contribution in [2.45, 2.75) is 32.0 Å². The number of alkyl halides is 2. The number of rotatable bonds is 7. The monoisotopic (exact) mass is 311 g/mol. The van der Waals surface area contributed by atoms with Gasteiger partial charge in [0.2, 0.25) is 0 Å². The Morgan fingerprint density at radius 1 is 1.41 bits per heavy atom. The number of hydrogen-bond donors (Lipinski definition) is 2. The highest BCUT2D eigenvalue weighted by Crippen LogP contribution is 2.36. The number of hydrogen-bond acceptors (Lipinski definition) is 4. The third-order valence-corrected chi connectivity index (χ3v) is 3.44. The van der Waals surface area contributed by atoms with Gasteiger partial charge in [0.25, 0.3) is 0 Å². The second-order valence-corrected chi connectivity index (χ2v) is 5.23. The molecule has 1 unspecified atom stereocenters. The minimum absolute atomic E-state index is 0.0665. The standard InChI is InChI=1S/C16H19F2NO3/c1-2-7-16(20,10-19)12-5-6-13(22-15(17)18)14(8-12)21-9-11-3-4-11/h5-6,8,11,15,20H,3-4,9-10,19H2,1H3. The average molecular weight is 311 g/mol. The Kier molecular flexibility index (Phi) is 5.22. The number of ether oxygens (including phenoxy) is 2. The lowest BCUT2D eigenvalue weighted by atomic mass is 9.94. The SMILES string of the molecule is CC#CC(O)(CN)c1ccc(OC(F)F)c(OCC2CC2)c1. The lowest BCUT2D eigenvalue weighted by Gasteiger charge is -2.22. The van der Waals surface area contributed by atoms with Crippen LogP contribution in [0.2, 0.25) is 0 Å². The lowest BCUT2D eigenvalue weighted by Crippen LogP contribution is -2.33. The van der Waals surface area contributed by atoms with Crippen molar-refractivity contribution >= 4 is 0 Å². The molecule has 1 aliphatic carbocycles. The van der Waals surface area contributed by atoms with Gasteiger partial charge in [0.05, 0.1) is 6.61 Å². The maximum atomic E-state index is 12.5. The van der Waals surface area contributed by atoms with Gasteiger partial charge in [-0.3, -0.25) is 0 Å². The van der Waals surface area contributed by atoms with Crippen molar-refractivity contribution in [3.05, 3.63) is 23.8 Å². The molecule has 120 valence electrons. The van der Waals surface area contributed by atoms with Crippen LogP contribution in [0.1, 0.15) is 25.3 Å². The second-order valence-electron chi connectivity index (χ2n) is 5.23. The van der Waals surface area contributed by atoms with E-state index < -0.39 is 12.2 Å². The van der Waals surface area contributed by atoms with Crippen molar-refractivity contribution in [1.82, 2.24) is 0 Å². The average Bonchev–Trinajstić information content (AvgIpc) is 3.30. The molecule has 1 fully saturated rings. The molecule has 0 aromatic heterocycles. The summed E-state index contributed by atoms with van der Waals surface area (Å²) in [5, 5.41) is 10.4. The summed E-state index contributed by atoms with van der Waals surface area (Å²) >= 11 is 0. The molecule has 0 heterocycles. The van der Waals surface area contributed by atoms with Gasteiger partial charge in [0, 0.05) is 12.1 Å².